The molecule has 0 aliphatic carbocycles. The molecular formula is C30H50O25. The Labute approximate surface area is 310 Å². The van der Waals surface area contributed by atoms with Crippen molar-refractivity contribution in [3.63, 3.8) is 0 Å². The van der Waals surface area contributed by atoms with Crippen molar-refractivity contribution in [1.29, 1.82) is 0 Å². The molecule has 6 saturated heterocycles. The Hall–Kier alpha value is -1.00. The Morgan fingerprint density at radius 2 is 0.800 bits per heavy atom. The van der Waals surface area contributed by atoms with Gasteiger partial charge in [-0.05, 0) is 0 Å². The molecule has 0 aromatic rings. The van der Waals surface area contributed by atoms with Crippen molar-refractivity contribution in [2.45, 2.75) is 154 Å². The summed E-state index contributed by atoms with van der Waals surface area (Å²) in [4.78, 5) is 0. The minimum atomic E-state index is -2.12. The van der Waals surface area contributed by atoms with Gasteiger partial charge in [0.2, 0.25) is 0 Å². The van der Waals surface area contributed by atoms with E-state index in [2.05, 4.69) is 0 Å². The van der Waals surface area contributed by atoms with Gasteiger partial charge in [0.1, 0.15) is 122 Å². The molecule has 15 N–H and O–H groups in total. The van der Waals surface area contributed by atoms with Crippen molar-refractivity contribution < 1.29 is 124 Å². The molecular weight excluding hydrogens is 760 g/mol. The molecule has 320 valence electrons. The molecule has 0 amide bonds. The minimum Gasteiger partial charge on any atom is -0.394 e. The zero-order chi connectivity index (χ0) is 40.0. The highest BCUT2D eigenvalue weighted by Crippen LogP contribution is 2.35. The van der Waals surface area contributed by atoms with Crippen molar-refractivity contribution in [3.8, 4) is 0 Å². The van der Waals surface area contributed by atoms with Gasteiger partial charge in [-0.1, -0.05) is 0 Å². The molecule has 25 heteroatoms. The maximum Gasteiger partial charge on any atom is 0.187 e. The van der Waals surface area contributed by atoms with E-state index in [9.17, 15) is 76.6 Å². The normalized spacial score (nSPS) is 55.6. The highest BCUT2D eigenvalue weighted by Gasteiger charge is 2.56. The molecule has 6 heterocycles. The second kappa shape index (κ2) is 18.1. The first-order chi connectivity index (χ1) is 26.1. The third kappa shape index (κ3) is 8.55. The zero-order valence-electron chi connectivity index (χ0n) is 28.8. The van der Waals surface area contributed by atoms with Crippen LogP contribution in [0.15, 0.2) is 0 Å². The Kier molecular flexibility index (Phi) is 14.3. The fourth-order valence-corrected chi connectivity index (χ4v) is 7.21. The van der Waals surface area contributed by atoms with Crippen molar-refractivity contribution in [2.75, 3.05) is 33.0 Å². The molecule has 6 fully saturated rings. The lowest BCUT2D eigenvalue weighted by Gasteiger charge is -2.49. The lowest BCUT2D eigenvalue weighted by atomic mass is 9.95. The van der Waals surface area contributed by atoms with Gasteiger partial charge in [-0.2, -0.15) is 0 Å². The quantitative estimate of drug-likeness (QED) is 0.123. The number of hydrogen-bond acceptors (Lipinski definition) is 25. The van der Waals surface area contributed by atoms with Crippen molar-refractivity contribution in [1.82, 2.24) is 0 Å². The summed E-state index contributed by atoms with van der Waals surface area (Å²) in [5.74, 6) is 0. The maximum absolute atomic E-state index is 11.4. The summed E-state index contributed by atoms with van der Waals surface area (Å²) in [5, 5.41) is 160. The van der Waals surface area contributed by atoms with E-state index in [0.717, 1.165) is 0 Å². The van der Waals surface area contributed by atoms with Crippen LogP contribution in [-0.2, 0) is 47.4 Å². The molecule has 6 aliphatic rings. The Morgan fingerprint density at radius 3 is 1.31 bits per heavy atom. The van der Waals surface area contributed by atoms with Gasteiger partial charge in [-0.25, -0.2) is 0 Å². The molecule has 25 atom stereocenters. The topological polar surface area (TPSA) is 396 Å². The Bertz CT molecular complexity index is 1220. The third-order valence-electron chi connectivity index (χ3n) is 10.5. The summed E-state index contributed by atoms with van der Waals surface area (Å²) in [6.45, 7) is -4.17. The van der Waals surface area contributed by atoms with Gasteiger partial charge >= 0.3 is 0 Å². The van der Waals surface area contributed by atoms with Crippen molar-refractivity contribution in [2.24, 2.45) is 0 Å². The second-order valence-electron chi connectivity index (χ2n) is 14.1. The van der Waals surface area contributed by atoms with Crippen molar-refractivity contribution in [3.05, 3.63) is 0 Å². The summed E-state index contributed by atoms with van der Waals surface area (Å²) in [5.41, 5.74) is 0. The van der Waals surface area contributed by atoms with Gasteiger partial charge in [0.05, 0.1) is 33.0 Å². The van der Waals surface area contributed by atoms with Crippen LogP contribution in [0.1, 0.15) is 0 Å². The van der Waals surface area contributed by atoms with Gasteiger partial charge in [0, 0.05) is 0 Å². The molecule has 6 rings (SSSR count). The van der Waals surface area contributed by atoms with Gasteiger partial charge in [-0.15, -0.1) is 0 Å². The van der Waals surface area contributed by atoms with E-state index in [4.69, 9.17) is 47.4 Å². The van der Waals surface area contributed by atoms with Crippen LogP contribution >= 0.6 is 0 Å². The van der Waals surface area contributed by atoms with E-state index >= 15 is 0 Å². The van der Waals surface area contributed by atoms with E-state index in [1.807, 2.05) is 0 Å². The molecule has 6 aliphatic heterocycles. The highest BCUT2D eigenvalue weighted by molar-refractivity contribution is 4.99. The average Bonchev–Trinajstić information content (AvgIpc) is 3.17. The molecule has 0 radical (unpaired) electrons. The first kappa shape index (κ1) is 43.6. The van der Waals surface area contributed by atoms with Gasteiger partial charge < -0.3 is 124 Å². The number of aliphatic hydroxyl groups excluding tert-OH is 15. The highest BCUT2D eigenvalue weighted by atomic mass is 16.8. The number of ether oxygens (including phenoxy) is 10. The molecule has 0 unspecified atom stereocenters. The molecule has 8 bridgehead atoms. The van der Waals surface area contributed by atoms with Gasteiger partial charge in [0.25, 0.3) is 0 Å². The predicted octanol–water partition coefficient (Wildman–Crippen LogP) is -10.9. The fourth-order valence-electron chi connectivity index (χ4n) is 7.21. The van der Waals surface area contributed by atoms with Crippen molar-refractivity contribution >= 4 is 0 Å². The summed E-state index contributed by atoms with van der Waals surface area (Å²) >= 11 is 0. The monoisotopic (exact) mass is 810 g/mol. The molecule has 0 aromatic carbocycles. The van der Waals surface area contributed by atoms with Crippen LogP contribution in [0.5, 0.6) is 0 Å². The van der Waals surface area contributed by atoms with Crippen LogP contribution < -0.4 is 0 Å². The summed E-state index contributed by atoms with van der Waals surface area (Å²) in [7, 11) is 0. The minimum absolute atomic E-state index is 0.738. The molecule has 0 saturated carbocycles. The van der Waals surface area contributed by atoms with Gasteiger partial charge in [-0.3, -0.25) is 0 Å². The summed E-state index contributed by atoms with van der Waals surface area (Å²) in [6.07, 6.45) is -46.1. The summed E-state index contributed by atoms with van der Waals surface area (Å²) < 4.78 is 56.4. The average molecular weight is 811 g/mol. The zero-order valence-corrected chi connectivity index (χ0v) is 28.8. The number of hydrogen-bond donors (Lipinski definition) is 15. The van der Waals surface area contributed by atoms with Crippen LogP contribution in [-0.4, -0.2) is 263 Å². The first-order valence-electron chi connectivity index (χ1n) is 17.6. The van der Waals surface area contributed by atoms with Crippen LogP contribution in [0, 0.1) is 0 Å². The van der Waals surface area contributed by atoms with Crippen LogP contribution in [0.4, 0.5) is 0 Å². The molecule has 0 aromatic heterocycles. The fraction of sp³-hybridized carbons (Fsp3) is 1.00. The first-order valence-corrected chi connectivity index (χ1v) is 17.6. The van der Waals surface area contributed by atoms with E-state index in [0.29, 0.717) is 0 Å². The number of fused-ring (bicyclic) bond motifs is 8. The molecule has 55 heavy (non-hydrogen) atoms. The smallest absolute Gasteiger partial charge is 0.187 e. The molecule has 0 spiro atoms. The van der Waals surface area contributed by atoms with E-state index < -0.39 is 187 Å². The third-order valence-corrected chi connectivity index (χ3v) is 10.5. The van der Waals surface area contributed by atoms with Crippen LogP contribution in [0.2, 0.25) is 0 Å². The Balaban J connectivity index is 1.34. The second-order valence-corrected chi connectivity index (χ2v) is 14.1. The number of rotatable bonds is 5. The maximum atomic E-state index is 11.4. The lowest BCUT2D eigenvalue weighted by Crippen LogP contribution is -2.68. The predicted molar refractivity (Wildman–Crippen MR) is 163 cm³/mol. The molecule has 25 nitrogen and oxygen atoms in total. The van der Waals surface area contributed by atoms with E-state index in [-0.39, 0.29) is 0 Å². The Morgan fingerprint density at radius 1 is 0.364 bits per heavy atom. The SMILES string of the molecule is OC[C@H]1O[C@H](O[C@H]2[C@H](O)[C@@H](O)[C@H]3O[C@@H]4[C@@H](O)[C@@H](OC[C@@H]5O[C@@H](O[C@@H]6[C@@H](O)[C@@H](OC[C@H]2O3)O[C@H](CO)[C@H]6O)[C@@H](O)[C@H](O)[C@H]5O)O[C@H](CO)[C@H]4O)[C@H](O)[C@@H](O)[C@@H]1O. The number of aliphatic hydroxyl groups is 15. The van der Waals surface area contributed by atoms with Crippen LogP contribution in [0.3, 0.4) is 0 Å². The van der Waals surface area contributed by atoms with E-state index in [1.54, 1.807) is 0 Å². The largest absolute Gasteiger partial charge is 0.394 e. The lowest BCUT2D eigenvalue weighted by molar-refractivity contribution is -0.393. The van der Waals surface area contributed by atoms with Crippen LogP contribution in [0.25, 0.3) is 0 Å². The standard InChI is InChI=1S/C30H50O25/c31-1-6-11(34)15(38)18(41)28(50-6)53-23-10-5-47-27-22(45)24(13(36)8(3-33)49-27)54-29-19(42)16(39)12(35)9(51-29)4-46-26-21(44)25(14(37)7(2-32)48-26)55-30(52-10)20(43)17(23)40/h6-45H,1-5H2/t6-,7-,8-,9+,10-,11-,12+,13-,14-,15+,16-,17-,18-,19+,20-,21-,22-,23-,24+,25+,26+,27+,28-,29+,30-/m1/s1. The van der Waals surface area contributed by atoms with E-state index in [1.165, 1.54) is 0 Å². The summed E-state index contributed by atoms with van der Waals surface area (Å²) in [6, 6.07) is 0. The van der Waals surface area contributed by atoms with Gasteiger partial charge in [0.15, 0.2) is 31.5 Å².